The lowest BCUT2D eigenvalue weighted by atomic mass is 9.94. The summed E-state index contributed by atoms with van der Waals surface area (Å²) >= 11 is 0. The molecule has 2 fully saturated rings. The van der Waals surface area contributed by atoms with E-state index in [9.17, 15) is 0 Å². The molecule has 0 bridgehead atoms. The number of rotatable bonds is 4. The molecule has 2 aromatic rings. The Morgan fingerprint density at radius 2 is 2.00 bits per heavy atom. The van der Waals surface area contributed by atoms with E-state index in [1.807, 2.05) is 12.1 Å². The van der Waals surface area contributed by atoms with Crippen LogP contribution in [0, 0.1) is 0 Å². The number of ether oxygens (including phenoxy) is 1. The largest absolute Gasteiger partial charge is 0.481 e. The highest BCUT2D eigenvalue weighted by atomic mass is 16.5. The monoisotopic (exact) mass is 328 g/mol. The van der Waals surface area contributed by atoms with Crippen molar-refractivity contribution >= 4 is 0 Å². The van der Waals surface area contributed by atoms with Gasteiger partial charge in [0.05, 0.1) is 13.2 Å². The van der Waals surface area contributed by atoms with Crippen molar-refractivity contribution in [3.63, 3.8) is 0 Å². The van der Waals surface area contributed by atoms with Gasteiger partial charge in [-0.1, -0.05) is 24.4 Å². The fourth-order valence-corrected chi connectivity index (χ4v) is 4.03. The minimum absolute atomic E-state index is 0.278. The van der Waals surface area contributed by atoms with Gasteiger partial charge in [0.2, 0.25) is 17.6 Å². The number of hydrogen-bond acceptors (Lipinski definition) is 6. The molecule has 128 valence electrons. The third-order valence-corrected chi connectivity index (χ3v) is 5.27. The second-order valence-corrected chi connectivity index (χ2v) is 6.73. The third kappa shape index (κ3) is 3.02. The summed E-state index contributed by atoms with van der Waals surface area (Å²) < 4.78 is 10.7. The normalized spacial score (nSPS) is 22.8. The van der Waals surface area contributed by atoms with Crippen LogP contribution in [0.4, 0.5) is 0 Å². The molecule has 0 spiro atoms. The zero-order chi connectivity index (χ0) is 16.4. The van der Waals surface area contributed by atoms with Gasteiger partial charge < -0.3 is 9.26 Å². The van der Waals surface area contributed by atoms with Crippen molar-refractivity contribution in [1.82, 2.24) is 20.0 Å². The minimum atomic E-state index is 0.278. The molecule has 1 aliphatic heterocycles. The molecular weight excluding hydrogens is 304 g/mol. The van der Waals surface area contributed by atoms with Crippen molar-refractivity contribution < 1.29 is 9.26 Å². The van der Waals surface area contributed by atoms with E-state index in [0.29, 0.717) is 17.7 Å². The highest BCUT2D eigenvalue weighted by Gasteiger charge is 2.35. The predicted molar refractivity (Wildman–Crippen MR) is 89.6 cm³/mol. The van der Waals surface area contributed by atoms with E-state index < -0.39 is 0 Å². The fourth-order valence-electron chi connectivity index (χ4n) is 4.03. The van der Waals surface area contributed by atoms with Crippen LogP contribution >= 0.6 is 0 Å². The molecule has 1 atom stereocenters. The van der Waals surface area contributed by atoms with Crippen LogP contribution in [0.25, 0.3) is 11.4 Å². The molecule has 6 heteroatoms. The van der Waals surface area contributed by atoms with E-state index in [1.54, 1.807) is 13.3 Å². The van der Waals surface area contributed by atoms with Gasteiger partial charge in [0.25, 0.3) is 0 Å². The van der Waals surface area contributed by atoms with E-state index in [2.05, 4.69) is 20.0 Å². The van der Waals surface area contributed by atoms with Crippen molar-refractivity contribution in [2.45, 2.75) is 57.0 Å². The molecule has 1 saturated carbocycles. The standard InChI is InChI=1S/C18H24N4O2/c1-23-16-10-9-13(12-19-16)17-20-18(24-21-17)15-8-5-11-22(15)14-6-3-2-4-7-14/h9-10,12,14-15H,2-8,11H2,1H3/t15-/m0/s1. The molecule has 0 unspecified atom stereocenters. The lowest BCUT2D eigenvalue weighted by Gasteiger charge is -2.34. The van der Waals surface area contributed by atoms with Gasteiger partial charge in [-0.15, -0.1) is 0 Å². The summed E-state index contributed by atoms with van der Waals surface area (Å²) in [4.78, 5) is 11.5. The highest BCUT2D eigenvalue weighted by molar-refractivity contribution is 5.53. The average molecular weight is 328 g/mol. The lowest BCUT2D eigenvalue weighted by molar-refractivity contribution is 0.121. The van der Waals surface area contributed by atoms with E-state index in [0.717, 1.165) is 24.4 Å². The maximum absolute atomic E-state index is 5.62. The van der Waals surface area contributed by atoms with Crippen LogP contribution in [0.15, 0.2) is 22.9 Å². The molecule has 0 amide bonds. The lowest BCUT2D eigenvalue weighted by Crippen LogP contribution is -2.36. The molecule has 1 aliphatic carbocycles. The van der Waals surface area contributed by atoms with Crippen molar-refractivity contribution in [3.05, 3.63) is 24.2 Å². The van der Waals surface area contributed by atoms with Crippen LogP contribution in [-0.4, -0.2) is 39.7 Å². The second kappa shape index (κ2) is 6.89. The molecule has 0 aromatic carbocycles. The number of methoxy groups -OCH3 is 1. The maximum atomic E-state index is 5.62. The molecule has 0 radical (unpaired) electrons. The molecule has 2 aromatic heterocycles. The van der Waals surface area contributed by atoms with Crippen LogP contribution in [0.2, 0.25) is 0 Å². The van der Waals surface area contributed by atoms with Gasteiger partial charge in [0.15, 0.2) is 0 Å². The predicted octanol–water partition coefficient (Wildman–Crippen LogP) is 3.61. The van der Waals surface area contributed by atoms with E-state index >= 15 is 0 Å². The Morgan fingerprint density at radius 1 is 1.12 bits per heavy atom. The average Bonchev–Trinajstić information content (AvgIpc) is 3.32. The van der Waals surface area contributed by atoms with Gasteiger partial charge in [-0.3, -0.25) is 4.90 Å². The topological polar surface area (TPSA) is 64.3 Å². The molecular formula is C18H24N4O2. The Hall–Kier alpha value is -1.95. The first kappa shape index (κ1) is 15.6. The Bertz CT molecular complexity index is 664. The molecule has 24 heavy (non-hydrogen) atoms. The number of hydrogen-bond donors (Lipinski definition) is 0. The van der Waals surface area contributed by atoms with Gasteiger partial charge >= 0.3 is 0 Å². The summed E-state index contributed by atoms with van der Waals surface area (Å²) in [5, 5.41) is 4.17. The molecule has 3 heterocycles. The fraction of sp³-hybridized carbons (Fsp3) is 0.611. The van der Waals surface area contributed by atoms with Gasteiger partial charge in [-0.05, 0) is 38.3 Å². The quantitative estimate of drug-likeness (QED) is 0.854. The molecule has 1 saturated heterocycles. The summed E-state index contributed by atoms with van der Waals surface area (Å²) in [5.74, 6) is 1.95. The van der Waals surface area contributed by atoms with Crippen molar-refractivity contribution in [2.75, 3.05) is 13.7 Å². The highest BCUT2D eigenvalue weighted by Crippen LogP contribution is 2.37. The van der Waals surface area contributed by atoms with E-state index in [1.165, 1.54) is 38.5 Å². The first-order valence-electron chi connectivity index (χ1n) is 8.95. The molecule has 6 nitrogen and oxygen atoms in total. The van der Waals surface area contributed by atoms with Crippen LogP contribution in [-0.2, 0) is 0 Å². The zero-order valence-corrected chi connectivity index (χ0v) is 14.1. The Kier molecular flexibility index (Phi) is 4.47. The smallest absolute Gasteiger partial charge is 0.244 e. The van der Waals surface area contributed by atoms with Crippen LogP contribution < -0.4 is 4.74 Å². The van der Waals surface area contributed by atoms with E-state index in [-0.39, 0.29) is 6.04 Å². The summed E-state index contributed by atoms with van der Waals surface area (Å²) in [6.07, 6.45) is 10.7. The first-order valence-corrected chi connectivity index (χ1v) is 8.95. The maximum Gasteiger partial charge on any atom is 0.244 e. The third-order valence-electron chi connectivity index (χ3n) is 5.27. The Balaban J connectivity index is 1.52. The van der Waals surface area contributed by atoms with Gasteiger partial charge in [-0.25, -0.2) is 4.98 Å². The van der Waals surface area contributed by atoms with Crippen LogP contribution in [0.3, 0.4) is 0 Å². The van der Waals surface area contributed by atoms with Gasteiger partial charge in [0, 0.05) is 23.9 Å². The molecule has 4 rings (SSSR count). The summed E-state index contributed by atoms with van der Waals surface area (Å²) in [7, 11) is 1.61. The molecule has 2 aliphatic rings. The zero-order valence-electron chi connectivity index (χ0n) is 14.1. The van der Waals surface area contributed by atoms with Crippen molar-refractivity contribution in [2.24, 2.45) is 0 Å². The van der Waals surface area contributed by atoms with Crippen molar-refractivity contribution in [3.8, 4) is 17.3 Å². The van der Waals surface area contributed by atoms with Gasteiger partial charge in [0.1, 0.15) is 0 Å². The summed E-state index contributed by atoms with van der Waals surface area (Å²) in [6.45, 7) is 1.15. The summed E-state index contributed by atoms with van der Waals surface area (Å²) in [5.41, 5.74) is 0.855. The van der Waals surface area contributed by atoms with Crippen LogP contribution in [0.5, 0.6) is 5.88 Å². The SMILES string of the molecule is COc1ccc(-c2noc([C@@H]3CCCN3C3CCCCC3)n2)cn1. The minimum Gasteiger partial charge on any atom is -0.481 e. The Morgan fingerprint density at radius 3 is 2.75 bits per heavy atom. The van der Waals surface area contributed by atoms with Gasteiger partial charge in [-0.2, -0.15) is 4.98 Å². The number of aromatic nitrogens is 3. The number of pyridine rings is 1. The van der Waals surface area contributed by atoms with Crippen LogP contribution in [0.1, 0.15) is 56.9 Å². The van der Waals surface area contributed by atoms with Crippen molar-refractivity contribution in [1.29, 1.82) is 0 Å². The molecule has 0 N–H and O–H groups in total. The summed E-state index contributed by atoms with van der Waals surface area (Å²) in [6, 6.07) is 4.69. The Labute approximate surface area is 142 Å². The van der Waals surface area contributed by atoms with E-state index in [4.69, 9.17) is 9.26 Å². The first-order chi connectivity index (χ1) is 11.8. The second-order valence-electron chi connectivity index (χ2n) is 6.73. The number of nitrogens with zero attached hydrogens (tertiary/aromatic N) is 4. The number of likely N-dealkylation sites (tertiary alicyclic amines) is 1.